The first-order valence-electron chi connectivity index (χ1n) is 9.69. The van der Waals surface area contributed by atoms with Gasteiger partial charge in [0.15, 0.2) is 5.65 Å². The van der Waals surface area contributed by atoms with Gasteiger partial charge in [-0.1, -0.05) is 19.1 Å². The number of carbonyl (C=O) groups excluding carboxylic acids is 1. The van der Waals surface area contributed by atoms with Crippen molar-refractivity contribution in [1.29, 1.82) is 0 Å². The molecule has 1 aromatic carbocycles. The second-order valence-electron chi connectivity index (χ2n) is 7.43. The number of para-hydroxylation sites is 1. The van der Waals surface area contributed by atoms with E-state index in [-0.39, 0.29) is 30.2 Å². The number of aromatic nitrogens is 4. The first-order valence-corrected chi connectivity index (χ1v) is 9.69. The predicted octanol–water partition coefficient (Wildman–Crippen LogP) is 2.40. The van der Waals surface area contributed by atoms with Crippen molar-refractivity contribution >= 4 is 22.5 Å². The maximum absolute atomic E-state index is 13.0. The second-order valence-corrected chi connectivity index (χ2v) is 7.43. The van der Waals surface area contributed by atoms with Crippen LogP contribution >= 0.6 is 0 Å². The lowest BCUT2D eigenvalue weighted by molar-refractivity contribution is -0.138. The van der Waals surface area contributed by atoms with Crippen LogP contribution in [0, 0.1) is 0 Å². The molecule has 1 amide bonds. The monoisotopic (exact) mass is 367 g/mol. The van der Waals surface area contributed by atoms with Crippen LogP contribution in [0.3, 0.4) is 0 Å². The molecule has 27 heavy (non-hydrogen) atoms. The SMILES string of the molecule is CCc1nc2ccccc2c2nn(CC(=O)N3[C@H](C)CCC[C@H]3C)c(=O)n12. The van der Waals surface area contributed by atoms with Crippen LogP contribution in [0.5, 0.6) is 0 Å². The smallest absolute Gasteiger partial charge is 0.336 e. The van der Waals surface area contributed by atoms with Gasteiger partial charge in [0.2, 0.25) is 5.91 Å². The van der Waals surface area contributed by atoms with Crippen molar-refractivity contribution in [3.63, 3.8) is 0 Å². The molecule has 0 saturated carbocycles. The van der Waals surface area contributed by atoms with Gasteiger partial charge in [-0.25, -0.2) is 18.9 Å². The number of aryl methyl sites for hydroxylation is 1. The molecule has 0 unspecified atom stereocenters. The number of nitrogens with zero attached hydrogens (tertiary/aromatic N) is 5. The van der Waals surface area contributed by atoms with E-state index >= 15 is 0 Å². The van der Waals surface area contributed by atoms with Gasteiger partial charge in [0.25, 0.3) is 0 Å². The normalized spacial score (nSPS) is 20.5. The molecule has 1 fully saturated rings. The largest absolute Gasteiger partial charge is 0.352 e. The van der Waals surface area contributed by atoms with Crippen LogP contribution < -0.4 is 5.69 Å². The van der Waals surface area contributed by atoms with Crippen molar-refractivity contribution in [3.05, 3.63) is 40.6 Å². The molecule has 7 nitrogen and oxygen atoms in total. The molecule has 1 aliphatic rings. The Labute approximate surface area is 157 Å². The Bertz CT molecular complexity index is 1060. The van der Waals surface area contributed by atoms with Gasteiger partial charge in [0.05, 0.1) is 5.52 Å². The Balaban J connectivity index is 1.79. The zero-order valence-electron chi connectivity index (χ0n) is 16.1. The highest BCUT2D eigenvalue weighted by Gasteiger charge is 2.29. The molecule has 3 aromatic rings. The maximum Gasteiger partial charge on any atom is 0.352 e. The highest BCUT2D eigenvalue weighted by Crippen LogP contribution is 2.23. The molecule has 0 spiro atoms. The van der Waals surface area contributed by atoms with Crippen LogP contribution in [-0.2, 0) is 17.8 Å². The van der Waals surface area contributed by atoms with Gasteiger partial charge >= 0.3 is 5.69 Å². The van der Waals surface area contributed by atoms with Crippen molar-refractivity contribution in [2.24, 2.45) is 0 Å². The van der Waals surface area contributed by atoms with Crippen molar-refractivity contribution in [2.45, 2.75) is 65.1 Å². The minimum absolute atomic E-state index is 0.0350. The molecule has 7 heteroatoms. The molecule has 0 bridgehead atoms. The summed E-state index contributed by atoms with van der Waals surface area (Å²) in [5.41, 5.74) is 1.07. The molecule has 0 radical (unpaired) electrons. The number of hydrogen-bond acceptors (Lipinski definition) is 4. The average molecular weight is 367 g/mol. The minimum atomic E-state index is -0.300. The fourth-order valence-electron chi connectivity index (χ4n) is 4.23. The lowest BCUT2D eigenvalue weighted by Gasteiger charge is -2.39. The minimum Gasteiger partial charge on any atom is -0.336 e. The molecular formula is C20H25N5O2. The van der Waals surface area contributed by atoms with Gasteiger partial charge in [0, 0.05) is 23.9 Å². The third kappa shape index (κ3) is 2.91. The zero-order valence-corrected chi connectivity index (χ0v) is 16.1. The standard InChI is InChI=1S/C20H25N5O2/c1-4-17-21-16-11-6-5-10-15(16)19-22-23(20(27)25(17)19)12-18(26)24-13(2)8-7-9-14(24)3/h5-6,10-11,13-14H,4,7-9,12H2,1-3H3/t13-,14-/m1/s1. The summed E-state index contributed by atoms with van der Waals surface area (Å²) in [7, 11) is 0. The van der Waals surface area contributed by atoms with E-state index in [4.69, 9.17) is 0 Å². The van der Waals surface area contributed by atoms with Gasteiger partial charge in [0.1, 0.15) is 12.4 Å². The fraction of sp³-hybridized carbons (Fsp3) is 0.500. The van der Waals surface area contributed by atoms with Crippen molar-refractivity contribution in [1.82, 2.24) is 24.1 Å². The highest BCUT2D eigenvalue weighted by atomic mass is 16.2. The first-order chi connectivity index (χ1) is 13.0. The van der Waals surface area contributed by atoms with Crippen molar-refractivity contribution < 1.29 is 4.79 Å². The molecule has 0 N–H and O–H groups in total. The summed E-state index contributed by atoms with van der Waals surface area (Å²) in [6.07, 6.45) is 3.76. The topological polar surface area (TPSA) is 72.5 Å². The lowest BCUT2D eigenvalue weighted by atomic mass is 9.97. The number of rotatable bonds is 3. The van der Waals surface area contributed by atoms with Gasteiger partial charge in [-0.05, 0) is 45.2 Å². The Kier molecular flexibility index (Phi) is 4.45. The van der Waals surface area contributed by atoms with Crippen LogP contribution in [0.1, 0.15) is 45.9 Å². The van der Waals surface area contributed by atoms with Gasteiger partial charge in [-0.15, -0.1) is 5.10 Å². The van der Waals surface area contributed by atoms with Crippen LogP contribution in [0.15, 0.2) is 29.1 Å². The lowest BCUT2D eigenvalue weighted by Crippen LogP contribution is -2.49. The summed E-state index contributed by atoms with van der Waals surface area (Å²) >= 11 is 0. The highest BCUT2D eigenvalue weighted by molar-refractivity contribution is 5.91. The quantitative estimate of drug-likeness (QED) is 0.713. The van der Waals surface area contributed by atoms with E-state index in [9.17, 15) is 9.59 Å². The van der Waals surface area contributed by atoms with E-state index in [1.54, 1.807) is 4.40 Å². The maximum atomic E-state index is 13.0. The van der Waals surface area contributed by atoms with Crippen LogP contribution in [0.2, 0.25) is 0 Å². The van der Waals surface area contributed by atoms with E-state index < -0.39 is 0 Å². The van der Waals surface area contributed by atoms with Gasteiger partial charge < -0.3 is 4.90 Å². The van der Waals surface area contributed by atoms with Crippen LogP contribution in [0.25, 0.3) is 16.6 Å². The number of piperidine rings is 1. The summed E-state index contributed by atoms with van der Waals surface area (Å²) in [6.45, 7) is 6.08. The zero-order chi connectivity index (χ0) is 19.1. The van der Waals surface area contributed by atoms with E-state index in [0.717, 1.165) is 30.2 Å². The molecule has 4 rings (SSSR count). The third-order valence-electron chi connectivity index (χ3n) is 5.57. The number of benzene rings is 1. The number of fused-ring (bicyclic) bond motifs is 3. The average Bonchev–Trinajstić information content (AvgIpc) is 2.98. The summed E-state index contributed by atoms with van der Waals surface area (Å²) < 4.78 is 2.83. The Hall–Kier alpha value is -2.70. The molecule has 0 aliphatic carbocycles. The second kappa shape index (κ2) is 6.79. The van der Waals surface area contributed by atoms with Crippen molar-refractivity contribution in [2.75, 3.05) is 0 Å². The number of hydrogen-bond donors (Lipinski definition) is 0. The van der Waals surface area contributed by atoms with Gasteiger partial charge in [-0.3, -0.25) is 4.79 Å². The summed E-state index contributed by atoms with van der Waals surface area (Å²) in [4.78, 5) is 32.4. The van der Waals surface area contributed by atoms with Crippen LogP contribution in [-0.4, -0.2) is 42.1 Å². The molecule has 2 atom stereocenters. The Morgan fingerprint density at radius 2 is 1.89 bits per heavy atom. The number of carbonyl (C=O) groups is 1. The summed E-state index contributed by atoms with van der Waals surface area (Å²) in [6, 6.07) is 8.04. The van der Waals surface area contributed by atoms with E-state index in [1.807, 2.05) is 36.1 Å². The molecule has 2 aromatic heterocycles. The van der Waals surface area contributed by atoms with E-state index in [2.05, 4.69) is 23.9 Å². The molecule has 142 valence electrons. The Morgan fingerprint density at radius 3 is 2.59 bits per heavy atom. The third-order valence-corrected chi connectivity index (χ3v) is 5.57. The summed E-state index contributed by atoms with van der Waals surface area (Å²) in [5.74, 6) is 0.614. The fourth-order valence-corrected chi connectivity index (χ4v) is 4.23. The first kappa shape index (κ1) is 17.7. The van der Waals surface area contributed by atoms with E-state index in [0.29, 0.717) is 17.9 Å². The number of amides is 1. The number of likely N-dealkylation sites (tertiary alicyclic amines) is 1. The van der Waals surface area contributed by atoms with E-state index in [1.165, 1.54) is 4.68 Å². The molecule has 1 saturated heterocycles. The van der Waals surface area contributed by atoms with Crippen LogP contribution in [0.4, 0.5) is 0 Å². The van der Waals surface area contributed by atoms with Crippen molar-refractivity contribution in [3.8, 4) is 0 Å². The molecule has 1 aliphatic heterocycles. The summed E-state index contributed by atoms with van der Waals surface area (Å²) in [5, 5.41) is 5.33. The van der Waals surface area contributed by atoms with Gasteiger partial charge in [-0.2, -0.15) is 0 Å². The predicted molar refractivity (Wildman–Crippen MR) is 104 cm³/mol. The Morgan fingerprint density at radius 1 is 1.19 bits per heavy atom. The molecule has 3 heterocycles. The molecular weight excluding hydrogens is 342 g/mol.